The molecule has 2 rings (SSSR count). The molecule has 0 saturated carbocycles. The van der Waals surface area contributed by atoms with E-state index >= 15 is 0 Å². The Morgan fingerprint density at radius 1 is 1.10 bits per heavy atom. The van der Waals surface area contributed by atoms with Crippen molar-refractivity contribution in [2.45, 2.75) is 19.1 Å². The Kier molecular flexibility index (Phi) is 5.62. The number of amides is 1. The molecule has 110 valence electrons. The van der Waals surface area contributed by atoms with E-state index in [0.29, 0.717) is 22.2 Å². The smallest absolute Gasteiger partial charge is 0.223 e. The van der Waals surface area contributed by atoms with Gasteiger partial charge in [-0.3, -0.25) is 4.79 Å². The van der Waals surface area contributed by atoms with Crippen molar-refractivity contribution in [1.82, 2.24) is 5.32 Å². The van der Waals surface area contributed by atoms with Gasteiger partial charge in [-0.05, 0) is 29.3 Å². The Morgan fingerprint density at radius 3 is 2.43 bits per heavy atom. The van der Waals surface area contributed by atoms with Gasteiger partial charge in [0.15, 0.2) is 0 Å². The molecule has 3 nitrogen and oxygen atoms in total. The molecule has 2 N–H and O–H groups in total. The van der Waals surface area contributed by atoms with Crippen molar-refractivity contribution in [2.75, 3.05) is 0 Å². The fourth-order valence-corrected chi connectivity index (χ4v) is 2.21. The fraction of sp³-hybridized carbons (Fsp3) is 0.188. The Morgan fingerprint density at radius 2 is 1.76 bits per heavy atom. The molecule has 5 heteroatoms. The van der Waals surface area contributed by atoms with Crippen LogP contribution in [-0.4, -0.2) is 11.0 Å². The van der Waals surface area contributed by atoms with Crippen LogP contribution in [0, 0.1) is 0 Å². The highest BCUT2D eigenvalue weighted by molar-refractivity contribution is 6.31. The molecule has 0 spiro atoms. The van der Waals surface area contributed by atoms with E-state index in [-0.39, 0.29) is 12.3 Å². The molecule has 2 aromatic carbocycles. The van der Waals surface area contributed by atoms with Gasteiger partial charge in [-0.25, -0.2) is 0 Å². The number of halogens is 2. The van der Waals surface area contributed by atoms with Crippen LogP contribution >= 0.6 is 23.2 Å². The summed E-state index contributed by atoms with van der Waals surface area (Å²) in [4.78, 5) is 11.8. The summed E-state index contributed by atoms with van der Waals surface area (Å²) in [6.07, 6.45) is -0.861. The van der Waals surface area contributed by atoms with Crippen LogP contribution in [0.4, 0.5) is 0 Å². The molecular formula is C16H15Cl2NO2. The number of carbonyl (C=O) groups excluding carboxylic acids is 1. The number of rotatable bonds is 5. The fourth-order valence-electron chi connectivity index (χ4n) is 1.89. The largest absolute Gasteiger partial charge is 0.388 e. The Labute approximate surface area is 133 Å². The van der Waals surface area contributed by atoms with Gasteiger partial charge in [0.2, 0.25) is 5.91 Å². The van der Waals surface area contributed by atoms with Crippen LogP contribution < -0.4 is 5.32 Å². The van der Waals surface area contributed by atoms with Crippen LogP contribution in [0.3, 0.4) is 0 Å². The summed E-state index contributed by atoms with van der Waals surface area (Å²) < 4.78 is 0. The summed E-state index contributed by atoms with van der Waals surface area (Å²) >= 11 is 11.8. The molecule has 0 aliphatic rings. The van der Waals surface area contributed by atoms with Gasteiger partial charge in [-0.2, -0.15) is 0 Å². The number of carbonyl (C=O) groups is 1. The SMILES string of the molecule is O=C(CC(O)c1ccc(Cl)cc1)NCc1ccccc1Cl. The zero-order chi connectivity index (χ0) is 15.2. The van der Waals surface area contributed by atoms with Gasteiger partial charge in [0.05, 0.1) is 12.5 Å². The summed E-state index contributed by atoms with van der Waals surface area (Å²) in [5.41, 5.74) is 1.50. The molecule has 0 aliphatic carbocycles. The van der Waals surface area contributed by atoms with E-state index in [1.165, 1.54) is 0 Å². The highest BCUT2D eigenvalue weighted by atomic mass is 35.5. The van der Waals surface area contributed by atoms with Crippen molar-refractivity contribution in [3.05, 3.63) is 69.7 Å². The maximum atomic E-state index is 11.8. The first kappa shape index (κ1) is 15.8. The first-order valence-electron chi connectivity index (χ1n) is 6.50. The predicted molar refractivity (Wildman–Crippen MR) is 84.3 cm³/mol. The lowest BCUT2D eigenvalue weighted by molar-refractivity contribution is -0.123. The van der Waals surface area contributed by atoms with Gasteiger partial charge in [0, 0.05) is 16.6 Å². The first-order valence-corrected chi connectivity index (χ1v) is 7.25. The second kappa shape index (κ2) is 7.46. The molecule has 1 atom stereocenters. The molecule has 1 unspecified atom stereocenters. The second-order valence-electron chi connectivity index (χ2n) is 4.64. The summed E-state index contributed by atoms with van der Waals surface area (Å²) in [6.45, 7) is 0.339. The Balaban J connectivity index is 1.87. The van der Waals surface area contributed by atoms with Crippen LogP contribution in [0.1, 0.15) is 23.7 Å². The lowest BCUT2D eigenvalue weighted by Crippen LogP contribution is -2.24. The number of aliphatic hydroxyl groups excluding tert-OH is 1. The van der Waals surface area contributed by atoms with E-state index in [9.17, 15) is 9.90 Å². The molecule has 21 heavy (non-hydrogen) atoms. The molecule has 2 aromatic rings. The van der Waals surface area contributed by atoms with Crippen molar-refractivity contribution in [3.63, 3.8) is 0 Å². The van der Waals surface area contributed by atoms with E-state index in [2.05, 4.69) is 5.32 Å². The van der Waals surface area contributed by atoms with Crippen molar-refractivity contribution >= 4 is 29.1 Å². The third kappa shape index (κ3) is 4.74. The van der Waals surface area contributed by atoms with Crippen molar-refractivity contribution in [1.29, 1.82) is 0 Å². The zero-order valence-electron chi connectivity index (χ0n) is 11.2. The van der Waals surface area contributed by atoms with Crippen molar-refractivity contribution in [2.24, 2.45) is 0 Å². The number of nitrogens with one attached hydrogen (secondary N) is 1. The molecule has 0 fully saturated rings. The van der Waals surface area contributed by atoms with E-state index in [1.54, 1.807) is 30.3 Å². The minimum atomic E-state index is -0.853. The average molecular weight is 324 g/mol. The van der Waals surface area contributed by atoms with Crippen LogP contribution in [-0.2, 0) is 11.3 Å². The van der Waals surface area contributed by atoms with Gasteiger partial charge >= 0.3 is 0 Å². The van der Waals surface area contributed by atoms with Crippen LogP contribution in [0.15, 0.2) is 48.5 Å². The topological polar surface area (TPSA) is 49.3 Å². The minimum Gasteiger partial charge on any atom is -0.388 e. The molecule has 0 aliphatic heterocycles. The summed E-state index contributed by atoms with van der Waals surface area (Å²) in [5, 5.41) is 13.9. The highest BCUT2D eigenvalue weighted by Crippen LogP contribution is 2.19. The van der Waals surface area contributed by atoms with Crippen LogP contribution in [0.25, 0.3) is 0 Å². The molecule has 0 radical (unpaired) electrons. The van der Waals surface area contributed by atoms with Crippen LogP contribution in [0.5, 0.6) is 0 Å². The number of hydrogen-bond acceptors (Lipinski definition) is 2. The van der Waals surface area contributed by atoms with Gasteiger partial charge < -0.3 is 10.4 Å². The lowest BCUT2D eigenvalue weighted by Gasteiger charge is -2.12. The molecule has 1 amide bonds. The molecule has 0 aromatic heterocycles. The summed E-state index contributed by atoms with van der Waals surface area (Å²) in [6, 6.07) is 14.1. The van der Waals surface area contributed by atoms with Gasteiger partial charge in [-0.1, -0.05) is 53.5 Å². The predicted octanol–water partition coefficient (Wildman–Crippen LogP) is 3.73. The summed E-state index contributed by atoms with van der Waals surface area (Å²) in [7, 11) is 0. The zero-order valence-corrected chi connectivity index (χ0v) is 12.7. The maximum Gasteiger partial charge on any atom is 0.223 e. The van der Waals surface area contributed by atoms with E-state index in [4.69, 9.17) is 23.2 Å². The molecule has 0 bridgehead atoms. The highest BCUT2D eigenvalue weighted by Gasteiger charge is 2.13. The quantitative estimate of drug-likeness (QED) is 0.880. The Bertz CT molecular complexity index is 614. The maximum absolute atomic E-state index is 11.8. The standard InChI is InChI=1S/C16H15Cl2NO2/c17-13-7-5-11(6-8-13)15(20)9-16(21)19-10-12-3-1-2-4-14(12)18/h1-8,15,20H,9-10H2,(H,19,21). The molecule has 0 saturated heterocycles. The number of aliphatic hydroxyl groups is 1. The third-order valence-electron chi connectivity index (χ3n) is 3.07. The van der Waals surface area contributed by atoms with Gasteiger partial charge in [0.25, 0.3) is 0 Å². The number of benzene rings is 2. The number of hydrogen-bond donors (Lipinski definition) is 2. The van der Waals surface area contributed by atoms with E-state index in [0.717, 1.165) is 5.56 Å². The summed E-state index contributed by atoms with van der Waals surface area (Å²) in [5.74, 6) is -0.239. The third-order valence-corrected chi connectivity index (χ3v) is 3.69. The molecular weight excluding hydrogens is 309 g/mol. The first-order chi connectivity index (χ1) is 10.1. The molecule has 0 heterocycles. The monoisotopic (exact) mass is 323 g/mol. The van der Waals surface area contributed by atoms with Gasteiger partial charge in [-0.15, -0.1) is 0 Å². The lowest BCUT2D eigenvalue weighted by atomic mass is 10.1. The van der Waals surface area contributed by atoms with Crippen LogP contribution in [0.2, 0.25) is 10.0 Å². The normalized spacial score (nSPS) is 12.0. The second-order valence-corrected chi connectivity index (χ2v) is 5.48. The van der Waals surface area contributed by atoms with Crippen molar-refractivity contribution < 1.29 is 9.90 Å². The van der Waals surface area contributed by atoms with E-state index < -0.39 is 6.10 Å². The van der Waals surface area contributed by atoms with Crippen molar-refractivity contribution in [3.8, 4) is 0 Å². The minimum absolute atomic E-state index is 0.00785. The average Bonchev–Trinajstić information content (AvgIpc) is 2.47. The van der Waals surface area contributed by atoms with Gasteiger partial charge in [0.1, 0.15) is 0 Å². The van der Waals surface area contributed by atoms with E-state index in [1.807, 2.05) is 18.2 Å². The Hall–Kier alpha value is -1.55.